The number of unbranched alkanes of at least 4 members (excludes halogenated alkanes) is 4. The van der Waals surface area contributed by atoms with Crippen molar-refractivity contribution in [3.05, 3.63) is 90.3 Å². The summed E-state index contributed by atoms with van der Waals surface area (Å²) in [6, 6.07) is 13.0. The largest absolute Gasteiger partial charge is 0.494 e. The summed E-state index contributed by atoms with van der Waals surface area (Å²) in [6.07, 6.45) is 12.5. The number of hydrogen-bond acceptors (Lipinski definition) is 8. The predicted molar refractivity (Wildman–Crippen MR) is 188 cm³/mol. The van der Waals surface area contributed by atoms with Crippen molar-refractivity contribution in [3.8, 4) is 28.3 Å². The topological polar surface area (TPSA) is 156 Å². The van der Waals surface area contributed by atoms with E-state index in [-0.39, 0.29) is 17.4 Å². The fourth-order valence-corrected chi connectivity index (χ4v) is 4.95. The van der Waals surface area contributed by atoms with Crippen LogP contribution in [0.2, 0.25) is 0 Å². The molecule has 0 saturated heterocycles. The van der Waals surface area contributed by atoms with E-state index in [1.54, 1.807) is 12.4 Å². The van der Waals surface area contributed by atoms with Gasteiger partial charge in [0.25, 0.3) is 5.91 Å². The van der Waals surface area contributed by atoms with Crippen LogP contribution in [0.4, 0.5) is 0 Å². The SMILES string of the molecule is CCCCCCCOc1ccc(-c2cnc(-c3ccc(CC(NC(=O)c4cnc(C(C)(C)C)nc4)C(=O)NC(C)C(=O)O)cc3)nc2)cc1. The van der Waals surface area contributed by atoms with Crippen LogP contribution in [0.25, 0.3) is 22.5 Å². The van der Waals surface area contributed by atoms with Gasteiger partial charge in [0.05, 0.1) is 12.2 Å². The van der Waals surface area contributed by atoms with E-state index in [2.05, 4.69) is 37.5 Å². The average molecular weight is 667 g/mol. The summed E-state index contributed by atoms with van der Waals surface area (Å²) < 4.78 is 5.88. The van der Waals surface area contributed by atoms with Crippen molar-refractivity contribution in [1.82, 2.24) is 30.6 Å². The van der Waals surface area contributed by atoms with Crippen LogP contribution in [0.1, 0.15) is 88.5 Å². The summed E-state index contributed by atoms with van der Waals surface area (Å²) >= 11 is 0. The number of rotatable bonds is 16. The van der Waals surface area contributed by atoms with E-state index < -0.39 is 29.9 Å². The number of carbonyl (C=O) groups is 3. The second kappa shape index (κ2) is 17.3. The number of ether oxygens (including phenoxy) is 1. The Morgan fingerprint density at radius 3 is 1.98 bits per heavy atom. The lowest BCUT2D eigenvalue weighted by molar-refractivity contribution is -0.141. The monoisotopic (exact) mass is 666 g/mol. The summed E-state index contributed by atoms with van der Waals surface area (Å²) in [6.45, 7) is 10.2. The molecule has 2 aromatic heterocycles. The van der Waals surface area contributed by atoms with Crippen LogP contribution in [0.5, 0.6) is 5.75 Å². The molecule has 0 aliphatic carbocycles. The molecule has 2 amide bonds. The molecule has 0 aliphatic heterocycles. The van der Waals surface area contributed by atoms with Gasteiger partial charge in [-0.15, -0.1) is 0 Å². The van der Waals surface area contributed by atoms with E-state index in [4.69, 9.17) is 4.74 Å². The Balaban J connectivity index is 1.40. The van der Waals surface area contributed by atoms with Gasteiger partial charge < -0.3 is 20.5 Å². The number of aromatic nitrogens is 4. The quantitative estimate of drug-likeness (QED) is 0.119. The first-order valence-corrected chi connectivity index (χ1v) is 16.8. The second-order valence-electron chi connectivity index (χ2n) is 13.1. The molecule has 0 saturated carbocycles. The molecule has 11 nitrogen and oxygen atoms in total. The molecule has 258 valence electrons. The molecule has 0 bridgehead atoms. The minimum absolute atomic E-state index is 0.115. The molecular weight excluding hydrogens is 620 g/mol. The van der Waals surface area contributed by atoms with Crippen molar-refractivity contribution in [2.24, 2.45) is 0 Å². The molecule has 0 fully saturated rings. The predicted octanol–water partition coefficient (Wildman–Crippen LogP) is 6.18. The van der Waals surface area contributed by atoms with Gasteiger partial charge in [-0.2, -0.15) is 0 Å². The van der Waals surface area contributed by atoms with Crippen LogP contribution in [0, 0.1) is 0 Å². The molecule has 2 aromatic carbocycles. The highest BCUT2D eigenvalue weighted by Gasteiger charge is 2.26. The third-order valence-electron chi connectivity index (χ3n) is 7.94. The maximum Gasteiger partial charge on any atom is 0.325 e. The first kappa shape index (κ1) is 36.6. The van der Waals surface area contributed by atoms with Crippen LogP contribution in [-0.4, -0.2) is 61.5 Å². The van der Waals surface area contributed by atoms with Crippen molar-refractivity contribution < 1.29 is 24.2 Å². The molecule has 2 heterocycles. The number of amides is 2. The maximum absolute atomic E-state index is 13.1. The summed E-state index contributed by atoms with van der Waals surface area (Å²) in [5, 5.41) is 14.5. The van der Waals surface area contributed by atoms with E-state index in [1.807, 2.05) is 69.3 Å². The number of aliphatic carboxylic acids is 1. The first-order chi connectivity index (χ1) is 23.4. The molecule has 2 atom stereocenters. The molecule has 2 unspecified atom stereocenters. The second-order valence-corrected chi connectivity index (χ2v) is 13.1. The Bertz CT molecular complexity index is 1670. The fraction of sp³-hybridized carbons (Fsp3) is 0.395. The van der Waals surface area contributed by atoms with Crippen LogP contribution < -0.4 is 15.4 Å². The average Bonchev–Trinajstić information content (AvgIpc) is 3.09. The van der Waals surface area contributed by atoms with Crippen LogP contribution in [0.3, 0.4) is 0 Å². The van der Waals surface area contributed by atoms with E-state index in [9.17, 15) is 19.5 Å². The minimum Gasteiger partial charge on any atom is -0.494 e. The van der Waals surface area contributed by atoms with Gasteiger partial charge >= 0.3 is 5.97 Å². The minimum atomic E-state index is -1.19. The van der Waals surface area contributed by atoms with Crippen molar-refractivity contribution in [3.63, 3.8) is 0 Å². The third kappa shape index (κ3) is 10.9. The highest BCUT2D eigenvalue weighted by molar-refractivity contribution is 5.97. The van der Waals surface area contributed by atoms with E-state index in [0.29, 0.717) is 18.3 Å². The van der Waals surface area contributed by atoms with Crippen molar-refractivity contribution >= 4 is 17.8 Å². The fourth-order valence-electron chi connectivity index (χ4n) is 4.95. The number of carbonyl (C=O) groups excluding carboxylic acids is 2. The van der Waals surface area contributed by atoms with Crippen LogP contribution in [0.15, 0.2) is 73.3 Å². The highest BCUT2D eigenvalue weighted by atomic mass is 16.5. The smallest absolute Gasteiger partial charge is 0.325 e. The highest BCUT2D eigenvalue weighted by Crippen LogP contribution is 2.24. The summed E-state index contributed by atoms with van der Waals surface area (Å²) in [5.41, 5.74) is 3.27. The first-order valence-electron chi connectivity index (χ1n) is 16.8. The number of nitrogens with one attached hydrogen (secondary N) is 2. The molecule has 11 heteroatoms. The molecule has 0 radical (unpaired) electrons. The Morgan fingerprint density at radius 1 is 0.776 bits per heavy atom. The van der Waals surface area contributed by atoms with E-state index >= 15 is 0 Å². The number of hydrogen-bond donors (Lipinski definition) is 3. The van der Waals surface area contributed by atoms with Gasteiger partial charge in [0.2, 0.25) is 5.91 Å². The van der Waals surface area contributed by atoms with Crippen molar-refractivity contribution in [2.75, 3.05) is 6.61 Å². The molecule has 4 rings (SSSR count). The van der Waals surface area contributed by atoms with E-state index in [0.717, 1.165) is 34.4 Å². The molecule has 0 aliphatic rings. The van der Waals surface area contributed by atoms with Gasteiger partial charge in [0, 0.05) is 47.8 Å². The van der Waals surface area contributed by atoms with Gasteiger partial charge in [-0.25, -0.2) is 19.9 Å². The lowest BCUT2D eigenvalue weighted by Crippen LogP contribution is -2.51. The summed E-state index contributed by atoms with van der Waals surface area (Å²) in [4.78, 5) is 55.3. The zero-order chi connectivity index (χ0) is 35.4. The number of carboxylic acids is 1. The van der Waals surface area contributed by atoms with Gasteiger partial charge in [0.15, 0.2) is 5.82 Å². The number of benzene rings is 2. The summed E-state index contributed by atoms with van der Waals surface area (Å²) in [5.74, 6) is -0.398. The Kier molecular flexibility index (Phi) is 12.9. The molecule has 4 aromatic rings. The van der Waals surface area contributed by atoms with Crippen molar-refractivity contribution in [2.45, 2.75) is 90.6 Å². The van der Waals surface area contributed by atoms with Gasteiger partial charge in [0.1, 0.15) is 23.7 Å². The molecule has 49 heavy (non-hydrogen) atoms. The molecule has 0 spiro atoms. The normalized spacial score (nSPS) is 12.5. The number of nitrogens with zero attached hydrogens (tertiary/aromatic N) is 4. The van der Waals surface area contributed by atoms with Gasteiger partial charge in [-0.05, 0) is 36.6 Å². The Hall–Kier alpha value is -5.19. The standard InChI is InChI=1S/C38H46N6O5/c1-6-7-8-9-10-19-49-31-17-15-27(16-18-31)29-21-39-33(40-22-29)28-13-11-26(12-14-28)20-32(35(46)43-25(2)36(47)48)44-34(45)30-23-41-37(42-24-30)38(3,4)5/h11-18,21-25,32H,6-10,19-20H2,1-5H3,(H,43,46)(H,44,45)(H,47,48). The van der Waals surface area contributed by atoms with Gasteiger partial charge in [-0.3, -0.25) is 14.4 Å². The lowest BCUT2D eigenvalue weighted by atomic mass is 9.96. The Morgan fingerprint density at radius 2 is 1.39 bits per heavy atom. The van der Waals surface area contributed by atoms with E-state index in [1.165, 1.54) is 45.0 Å². The maximum atomic E-state index is 13.1. The summed E-state index contributed by atoms with van der Waals surface area (Å²) in [7, 11) is 0. The molecular formula is C38H46N6O5. The lowest BCUT2D eigenvalue weighted by Gasteiger charge is -2.21. The third-order valence-corrected chi connectivity index (χ3v) is 7.94. The van der Waals surface area contributed by atoms with Crippen molar-refractivity contribution in [1.29, 1.82) is 0 Å². The number of carboxylic acid groups (broad SMARTS) is 1. The zero-order valence-electron chi connectivity index (χ0n) is 28.9. The zero-order valence-corrected chi connectivity index (χ0v) is 28.9. The van der Waals surface area contributed by atoms with Crippen LogP contribution in [-0.2, 0) is 21.4 Å². The Labute approximate surface area is 288 Å². The molecule has 3 N–H and O–H groups in total. The van der Waals surface area contributed by atoms with Crippen LogP contribution >= 0.6 is 0 Å². The van der Waals surface area contributed by atoms with Gasteiger partial charge in [-0.1, -0.05) is 89.8 Å².